The normalized spacial score (nSPS) is 21.6. The summed E-state index contributed by atoms with van der Waals surface area (Å²) in [6.45, 7) is 8.68. The first-order valence-corrected chi connectivity index (χ1v) is 6.67. The number of nitrogens with zero attached hydrogens (tertiary/aromatic N) is 2. The monoisotopic (exact) mass is 233 g/mol. The van der Waals surface area contributed by atoms with Gasteiger partial charge in [0.2, 0.25) is 0 Å². The minimum Gasteiger partial charge on any atom is -0.314 e. The van der Waals surface area contributed by atoms with Crippen LogP contribution < -0.4 is 5.32 Å². The van der Waals surface area contributed by atoms with E-state index < -0.39 is 0 Å². The van der Waals surface area contributed by atoms with Crippen LogP contribution in [-0.2, 0) is 6.54 Å². The van der Waals surface area contributed by atoms with Gasteiger partial charge in [0.05, 0.1) is 5.69 Å². The van der Waals surface area contributed by atoms with Gasteiger partial charge in [0.1, 0.15) is 0 Å². The molecular formula is C14H23N3. The van der Waals surface area contributed by atoms with Gasteiger partial charge in [0.25, 0.3) is 0 Å². The summed E-state index contributed by atoms with van der Waals surface area (Å²) in [7, 11) is 0. The molecule has 17 heavy (non-hydrogen) atoms. The highest BCUT2D eigenvalue weighted by atomic mass is 15.2. The molecule has 1 saturated heterocycles. The van der Waals surface area contributed by atoms with E-state index in [2.05, 4.69) is 47.2 Å². The lowest BCUT2D eigenvalue weighted by Gasteiger charge is -2.36. The Balaban J connectivity index is 2.00. The fourth-order valence-corrected chi connectivity index (χ4v) is 2.52. The SMILES string of the molecule is CCCC1CNCCN1Cc1cccc(C)n1. The fourth-order valence-electron chi connectivity index (χ4n) is 2.52. The van der Waals surface area contributed by atoms with Crippen molar-refractivity contribution in [3.8, 4) is 0 Å². The van der Waals surface area contributed by atoms with Gasteiger partial charge in [-0.2, -0.15) is 0 Å². The van der Waals surface area contributed by atoms with E-state index in [-0.39, 0.29) is 0 Å². The second-order valence-electron chi connectivity index (χ2n) is 4.89. The fraction of sp³-hybridized carbons (Fsp3) is 0.643. The maximum absolute atomic E-state index is 4.60. The molecule has 0 aliphatic carbocycles. The van der Waals surface area contributed by atoms with Gasteiger partial charge in [-0.3, -0.25) is 9.88 Å². The minimum absolute atomic E-state index is 0.677. The van der Waals surface area contributed by atoms with Crippen molar-refractivity contribution in [2.75, 3.05) is 19.6 Å². The van der Waals surface area contributed by atoms with E-state index in [0.29, 0.717) is 6.04 Å². The molecule has 0 radical (unpaired) electrons. The van der Waals surface area contributed by atoms with Crippen molar-refractivity contribution in [1.29, 1.82) is 0 Å². The highest BCUT2D eigenvalue weighted by Gasteiger charge is 2.21. The number of nitrogens with one attached hydrogen (secondary N) is 1. The largest absolute Gasteiger partial charge is 0.314 e. The van der Waals surface area contributed by atoms with Crippen LogP contribution in [0, 0.1) is 6.92 Å². The van der Waals surface area contributed by atoms with Crippen molar-refractivity contribution in [2.24, 2.45) is 0 Å². The van der Waals surface area contributed by atoms with E-state index in [1.165, 1.54) is 18.5 Å². The lowest BCUT2D eigenvalue weighted by Crippen LogP contribution is -2.50. The van der Waals surface area contributed by atoms with E-state index in [9.17, 15) is 0 Å². The van der Waals surface area contributed by atoms with Gasteiger partial charge in [0, 0.05) is 37.9 Å². The van der Waals surface area contributed by atoms with Gasteiger partial charge < -0.3 is 5.32 Å². The Morgan fingerprint density at radius 2 is 2.35 bits per heavy atom. The van der Waals surface area contributed by atoms with Crippen LogP contribution in [0.5, 0.6) is 0 Å². The first kappa shape index (κ1) is 12.5. The molecule has 1 fully saturated rings. The highest BCUT2D eigenvalue weighted by molar-refractivity contribution is 5.10. The number of aryl methyl sites for hydroxylation is 1. The quantitative estimate of drug-likeness (QED) is 0.861. The van der Waals surface area contributed by atoms with E-state index in [1.54, 1.807) is 0 Å². The zero-order chi connectivity index (χ0) is 12.1. The van der Waals surface area contributed by atoms with Crippen molar-refractivity contribution >= 4 is 0 Å². The molecule has 1 aromatic heterocycles. The summed E-state index contributed by atoms with van der Waals surface area (Å²) in [6, 6.07) is 6.98. The maximum Gasteiger partial charge on any atom is 0.0547 e. The molecule has 1 aliphatic rings. The maximum atomic E-state index is 4.60. The Hall–Kier alpha value is -0.930. The molecule has 0 saturated carbocycles. The molecule has 1 atom stereocenters. The Morgan fingerprint density at radius 1 is 1.47 bits per heavy atom. The number of pyridine rings is 1. The minimum atomic E-state index is 0.677. The second-order valence-corrected chi connectivity index (χ2v) is 4.89. The van der Waals surface area contributed by atoms with Crippen molar-refractivity contribution in [3.63, 3.8) is 0 Å². The van der Waals surface area contributed by atoms with Gasteiger partial charge in [-0.05, 0) is 25.5 Å². The van der Waals surface area contributed by atoms with Gasteiger partial charge in [-0.25, -0.2) is 0 Å². The molecule has 0 bridgehead atoms. The van der Waals surface area contributed by atoms with E-state index in [1.807, 2.05) is 0 Å². The Labute approximate surface area is 104 Å². The molecule has 3 heteroatoms. The summed E-state index contributed by atoms with van der Waals surface area (Å²) in [6.07, 6.45) is 2.53. The number of hydrogen-bond donors (Lipinski definition) is 1. The van der Waals surface area contributed by atoms with E-state index >= 15 is 0 Å². The van der Waals surface area contributed by atoms with Crippen LogP contribution in [-0.4, -0.2) is 35.6 Å². The van der Waals surface area contributed by atoms with Crippen LogP contribution in [0.3, 0.4) is 0 Å². The first-order chi connectivity index (χ1) is 8.29. The molecule has 1 aromatic rings. The topological polar surface area (TPSA) is 28.2 Å². The summed E-state index contributed by atoms with van der Waals surface area (Å²) >= 11 is 0. The standard InChI is InChI=1S/C14H23N3/c1-3-5-14-10-15-8-9-17(14)11-13-7-4-6-12(2)16-13/h4,6-7,14-15H,3,5,8-11H2,1-2H3. The van der Waals surface area contributed by atoms with Crippen molar-refractivity contribution < 1.29 is 0 Å². The third-order valence-corrected chi connectivity index (χ3v) is 3.41. The summed E-state index contributed by atoms with van der Waals surface area (Å²) in [5.41, 5.74) is 2.32. The zero-order valence-corrected chi connectivity index (χ0v) is 10.9. The van der Waals surface area contributed by atoms with Crippen LogP contribution in [0.4, 0.5) is 0 Å². The molecule has 2 rings (SSSR count). The zero-order valence-electron chi connectivity index (χ0n) is 10.9. The number of rotatable bonds is 4. The highest BCUT2D eigenvalue weighted by Crippen LogP contribution is 2.13. The summed E-state index contributed by atoms with van der Waals surface area (Å²) in [5.74, 6) is 0. The molecule has 0 aromatic carbocycles. The average molecular weight is 233 g/mol. The first-order valence-electron chi connectivity index (χ1n) is 6.67. The molecule has 1 unspecified atom stereocenters. The Bertz CT molecular complexity index is 349. The number of hydrogen-bond acceptors (Lipinski definition) is 3. The van der Waals surface area contributed by atoms with Crippen molar-refractivity contribution in [1.82, 2.24) is 15.2 Å². The number of aromatic nitrogens is 1. The van der Waals surface area contributed by atoms with Crippen LogP contribution in [0.2, 0.25) is 0 Å². The lowest BCUT2D eigenvalue weighted by molar-refractivity contribution is 0.142. The van der Waals surface area contributed by atoms with Gasteiger partial charge in [0.15, 0.2) is 0 Å². The molecule has 0 amide bonds. The predicted octanol–water partition coefficient (Wildman–Crippen LogP) is 1.96. The molecule has 2 heterocycles. The van der Waals surface area contributed by atoms with Crippen molar-refractivity contribution in [2.45, 2.75) is 39.3 Å². The van der Waals surface area contributed by atoms with Gasteiger partial charge >= 0.3 is 0 Å². The third-order valence-electron chi connectivity index (χ3n) is 3.41. The predicted molar refractivity (Wildman–Crippen MR) is 70.9 cm³/mol. The second kappa shape index (κ2) is 6.12. The molecule has 3 nitrogen and oxygen atoms in total. The molecule has 94 valence electrons. The Kier molecular flexibility index (Phi) is 4.51. The summed E-state index contributed by atoms with van der Waals surface area (Å²) in [4.78, 5) is 7.17. The Morgan fingerprint density at radius 3 is 3.12 bits per heavy atom. The lowest BCUT2D eigenvalue weighted by atomic mass is 10.1. The summed E-state index contributed by atoms with van der Waals surface area (Å²) < 4.78 is 0. The summed E-state index contributed by atoms with van der Waals surface area (Å²) in [5, 5.41) is 3.48. The molecular weight excluding hydrogens is 210 g/mol. The van der Waals surface area contributed by atoms with Crippen LogP contribution in [0.25, 0.3) is 0 Å². The van der Waals surface area contributed by atoms with Gasteiger partial charge in [-0.15, -0.1) is 0 Å². The molecule has 0 spiro atoms. The van der Waals surface area contributed by atoms with Crippen LogP contribution >= 0.6 is 0 Å². The van der Waals surface area contributed by atoms with Crippen LogP contribution in [0.1, 0.15) is 31.2 Å². The molecule has 1 aliphatic heterocycles. The smallest absolute Gasteiger partial charge is 0.0547 e. The van der Waals surface area contributed by atoms with Crippen LogP contribution in [0.15, 0.2) is 18.2 Å². The van der Waals surface area contributed by atoms with E-state index in [0.717, 1.165) is 31.9 Å². The van der Waals surface area contributed by atoms with Crippen molar-refractivity contribution in [3.05, 3.63) is 29.6 Å². The third kappa shape index (κ3) is 3.51. The van der Waals surface area contributed by atoms with Gasteiger partial charge in [-0.1, -0.05) is 19.4 Å². The van der Waals surface area contributed by atoms with E-state index in [4.69, 9.17) is 0 Å². The average Bonchev–Trinajstić information content (AvgIpc) is 2.32. The number of piperazine rings is 1. The molecule has 1 N–H and O–H groups in total.